The van der Waals surface area contributed by atoms with E-state index in [4.69, 9.17) is 0 Å². The first-order chi connectivity index (χ1) is 12.1. The van der Waals surface area contributed by atoms with Gasteiger partial charge in [0.15, 0.2) is 0 Å². The number of benzene rings is 3. The van der Waals surface area contributed by atoms with Gasteiger partial charge < -0.3 is 10.0 Å². The molecule has 0 atom stereocenters. The van der Waals surface area contributed by atoms with Gasteiger partial charge in [0.2, 0.25) is 5.91 Å². The number of phenols is 1. The fourth-order valence-electron chi connectivity index (χ4n) is 2.72. The van der Waals surface area contributed by atoms with Crippen molar-refractivity contribution in [3.8, 4) is 5.75 Å². The normalized spacial score (nSPS) is 10.4. The van der Waals surface area contributed by atoms with E-state index in [2.05, 4.69) is 24.3 Å². The first kappa shape index (κ1) is 16.8. The van der Waals surface area contributed by atoms with Crippen LogP contribution >= 0.6 is 0 Å². The van der Waals surface area contributed by atoms with Gasteiger partial charge in [-0.25, -0.2) is 0 Å². The molecule has 0 radical (unpaired) electrons. The molecule has 0 aliphatic heterocycles. The van der Waals surface area contributed by atoms with Crippen molar-refractivity contribution in [3.63, 3.8) is 0 Å². The van der Waals surface area contributed by atoms with Gasteiger partial charge in [0.1, 0.15) is 5.75 Å². The molecule has 3 heteroatoms. The molecule has 0 heterocycles. The second-order valence-corrected chi connectivity index (χ2v) is 6.12. The maximum atomic E-state index is 12.4. The zero-order valence-corrected chi connectivity index (χ0v) is 14.2. The zero-order valence-electron chi connectivity index (χ0n) is 14.2. The van der Waals surface area contributed by atoms with Gasteiger partial charge in [-0.15, -0.1) is 0 Å². The van der Waals surface area contributed by atoms with E-state index in [-0.39, 0.29) is 11.7 Å². The summed E-state index contributed by atoms with van der Waals surface area (Å²) in [6.07, 6.45) is 1.19. The molecule has 0 bridgehead atoms. The Balaban J connectivity index is 1.64. The van der Waals surface area contributed by atoms with E-state index in [0.29, 0.717) is 6.42 Å². The van der Waals surface area contributed by atoms with Crippen LogP contribution in [-0.2, 0) is 17.6 Å². The van der Waals surface area contributed by atoms with E-state index in [1.54, 1.807) is 36.2 Å². The molecule has 1 N–H and O–H groups in total. The molecule has 0 spiro atoms. The van der Waals surface area contributed by atoms with Crippen molar-refractivity contribution in [1.82, 2.24) is 0 Å². The first-order valence-corrected chi connectivity index (χ1v) is 8.29. The van der Waals surface area contributed by atoms with E-state index < -0.39 is 0 Å². The maximum absolute atomic E-state index is 12.4. The summed E-state index contributed by atoms with van der Waals surface area (Å²) in [5, 5.41) is 9.31. The highest BCUT2D eigenvalue weighted by Gasteiger charge is 2.11. The number of hydrogen-bond donors (Lipinski definition) is 1. The van der Waals surface area contributed by atoms with Crippen molar-refractivity contribution in [1.29, 1.82) is 0 Å². The zero-order chi connectivity index (χ0) is 17.6. The number of aromatic hydroxyl groups is 1. The molecular formula is C22H21NO2. The van der Waals surface area contributed by atoms with Crippen LogP contribution in [0.25, 0.3) is 0 Å². The van der Waals surface area contributed by atoms with Gasteiger partial charge in [-0.1, -0.05) is 54.6 Å². The topological polar surface area (TPSA) is 40.5 Å². The van der Waals surface area contributed by atoms with Gasteiger partial charge >= 0.3 is 0 Å². The van der Waals surface area contributed by atoms with E-state index in [0.717, 1.165) is 17.7 Å². The summed E-state index contributed by atoms with van der Waals surface area (Å²) in [4.78, 5) is 14.1. The lowest BCUT2D eigenvalue weighted by Crippen LogP contribution is -2.27. The molecule has 0 unspecified atom stereocenters. The third-order valence-electron chi connectivity index (χ3n) is 4.24. The number of nitrogens with zero attached hydrogens (tertiary/aromatic N) is 1. The standard InChI is InChI=1S/C22H21NO2/c1-23(22(25)16-19-9-13-21(24)14-10-19)20-11-7-18(8-12-20)15-17-5-3-2-4-6-17/h2-14,24H,15-16H2,1H3. The fraction of sp³-hybridized carbons (Fsp3) is 0.136. The Bertz CT molecular complexity index is 824. The molecule has 0 saturated carbocycles. The average molecular weight is 331 g/mol. The molecule has 0 saturated heterocycles. The summed E-state index contributed by atoms with van der Waals surface area (Å²) >= 11 is 0. The van der Waals surface area contributed by atoms with Crippen LogP contribution in [0, 0.1) is 0 Å². The number of hydrogen-bond acceptors (Lipinski definition) is 2. The van der Waals surface area contributed by atoms with Gasteiger partial charge in [-0.2, -0.15) is 0 Å². The van der Waals surface area contributed by atoms with Crippen molar-refractivity contribution in [2.75, 3.05) is 11.9 Å². The van der Waals surface area contributed by atoms with Crippen LogP contribution in [-0.4, -0.2) is 18.1 Å². The minimum atomic E-state index is 0.0153. The van der Waals surface area contributed by atoms with Crippen LogP contribution < -0.4 is 4.90 Å². The van der Waals surface area contributed by atoms with Gasteiger partial charge in [-0.05, 0) is 47.4 Å². The highest BCUT2D eigenvalue weighted by molar-refractivity contribution is 5.94. The minimum Gasteiger partial charge on any atom is -0.508 e. The Labute approximate surface area is 148 Å². The molecule has 25 heavy (non-hydrogen) atoms. The number of carbonyl (C=O) groups is 1. The first-order valence-electron chi connectivity index (χ1n) is 8.29. The van der Waals surface area contributed by atoms with E-state index >= 15 is 0 Å². The summed E-state index contributed by atoms with van der Waals surface area (Å²) in [5.74, 6) is 0.222. The number of carbonyl (C=O) groups excluding carboxylic acids is 1. The molecule has 1 amide bonds. The van der Waals surface area contributed by atoms with Crippen LogP contribution in [0.4, 0.5) is 5.69 Å². The summed E-state index contributed by atoms with van der Waals surface area (Å²) in [5.41, 5.74) is 4.25. The van der Waals surface area contributed by atoms with Crippen LogP contribution in [0.1, 0.15) is 16.7 Å². The maximum Gasteiger partial charge on any atom is 0.231 e. The number of likely N-dealkylation sites (N-methyl/N-ethyl adjacent to an activating group) is 1. The Kier molecular flexibility index (Phi) is 5.14. The molecule has 0 aliphatic rings. The highest BCUT2D eigenvalue weighted by Crippen LogP contribution is 2.18. The van der Waals surface area contributed by atoms with Crippen LogP contribution in [0.3, 0.4) is 0 Å². The van der Waals surface area contributed by atoms with Gasteiger partial charge in [0.05, 0.1) is 6.42 Å². The van der Waals surface area contributed by atoms with Gasteiger partial charge in [-0.3, -0.25) is 4.79 Å². The summed E-state index contributed by atoms with van der Waals surface area (Å²) in [6, 6.07) is 25.1. The largest absolute Gasteiger partial charge is 0.508 e. The predicted molar refractivity (Wildman–Crippen MR) is 101 cm³/mol. The Morgan fingerprint density at radius 2 is 1.36 bits per heavy atom. The Hall–Kier alpha value is -3.07. The van der Waals surface area contributed by atoms with Crippen molar-refractivity contribution < 1.29 is 9.90 Å². The van der Waals surface area contributed by atoms with Crippen molar-refractivity contribution in [2.24, 2.45) is 0 Å². The fourth-order valence-corrected chi connectivity index (χ4v) is 2.72. The SMILES string of the molecule is CN(C(=O)Cc1ccc(O)cc1)c1ccc(Cc2ccccc2)cc1. The lowest BCUT2D eigenvalue weighted by atomic mass is 10.0. The summed E-state index contributed by atoms with van der Waals surface area (Å²) < 4.78 is 0. The second-order valence-electron chi connectivity index (χ2n) is 6.12. The van der Waals surface area contributed by atoms with Crippen LogP contribution in [0.15, 0.2) is 78.9 Å². The lowest BCUT2D eigenvalue weighted by Gasteiger charge is -2.18. The molecule has 3 aromatic carbocycles. The third kappa shape index (κ3) is 4.48. The van der Waals surface area contributed by atoms with Crippen LogP contribution in [0.5, 0.6) is 5.75 Å². The van der Waals surface area contributed by atoms with Gasteiger partial charge in [0.25, 0.3) is 0 Å². The molecule has 0 aromatic heterocycles. The monoisotopic (exact) mass is 331 g/mol. The molecule has 3 aromatic rings. The quantitative estimate of drug-likeness (QED) is 0.761. The number of amides is 1. The van der Waals surface area contributed by atoms with E-state index in [1.165, 1.54) is 11.1 Å². The minimum absolute atomic E-state index is 0.0153. The van der Waals surface area contributed by atoms with Crippen molar-refractivity contribution in [3.05, 3.63) is 95.6 Å². The molecular weight excluding hydrogens is 310 g/mol. The highest BCUT2D eigenvalue weighted by atomic mass is 16.3. The Morgan fingerprint density at radius 1 is 0.800 bits per heavy atom. The number of anilines is 1. The molecule has 3 nitrogen and oxygen atoms in total. The third-order valence-corrected chi connectivity index (χ3v) is 4.24. The smallest absolute Gasteiger partial charge is 0.231 e. The molecule has 3 rings (SSSR count). The summed E-state index contributed by atoms with van der Waals surface area (Å²) in [6.45, 7) is 0. The summed E-state index contributed by atoms with van der Waals surface area (Å²) in [7, 11) is 1.79. The van der Waals surface area contributed by atoms with E-state index in [1.807, 2.05) is 30.3 Å². The molecule has 0 fully saturated rings. The van der Waals surface area contributed by atoms with Crippen molar-refractivity contribution in [2.45, 2.75) is 12.8 Å². The molecule has 0 aliphatic carbocycles. The van der Waals surface area contributed by atoms with E-state index in [9.17, 15) is 9.90 Å². The number of rotatable bonds is 5. The van der Waals surface area contributed by atoms with Gasteiger partial charge in [0, 0.05) is 12.7 Å². The van der Waals surface area contributed by atoms with Crippen molar-refractivity contribution >= 4 is 11.6 Å². The second kappa shape index (κ2) is 7.67. The van der Waals surface area contributed by atoms with Crippen LogP contribution in [0.2, 0.25) is 0 Å². The molecule has 126 valence electrons. The Morgan fingerprint density at radius 3 is 2.00 bits per heavy atom. The number of phenolic OH excluding ortho intramolecular Hbond substituents is 1. The predicted octanol–water partition coefficient (Wildman–Crippen LogP) is 4.19. The average Bonchev–Trinajstić information content (AvgIpc) is 2.64. The lowest BCUT2D eigenvalue weighted by molar-refractivity contribution is -0.117.